The molecule has 3 heterocycles. The second-order valence-corrected chi connectivity index (χ2v) is 9.84. The molecule has 3 fully saturated rings. The molecule has 7 heteroatoms. The van der Waals surface area contributed by atoms with Gasteiger partial charge in [-0.05, 0) is 75.1 Å². The van der Waals surface area contributed by atoms with E-state index in [9.17, 15) is 8.78 Å². The van der Waals surface area contributed by atoms with E-state index in [1.807, 2.05) is 6.07 Å². The standard InChI is InChI=1S/C27H31F2NO4/c28-23-3-1-20(2-4-23)26(31-13-14-32-26)21-7-10-30(11-8-21)12-9-22-17-19-18-24(29)5-6-25(19)27(22)33-15-16-34-27/h1-6,18,21-22H,7-17H2. The van der Waals surface area contributed by atoms with Crippen LogP contribution in [-0.2, 0) is 36.9 Å². The van der Waals surface area contributed by atoms with Crippen molar-refractivity contribution in [3.8, 4) is 0 Å². The number of ether oxygens (including phenoxy) is 4. The lowest BCUT2D eigenvalue weighted by atomic mass is 9.83. The van der Waals surface area contributed by atoms with Crippen LogP contribution in [0.2, 0.25) is 0 Å². The maximum absolute atomic E-state index is 13.9. The van der Waals surface area contributed by atoms with E-state index in [-0.39, 0.29) is 23.5 Å². The van der Waals surface area contributed by atoms with E-state index in [0.29, 0.717) is 26.4 Å². The molecule has 0 N–H and O–H groups in total. The molecule has 1 atom stereocenters. The van der Waals surface area contributed by atoms with Gasteiger partial charge in [0, 0.05) is 23.0 Å². The van der Waals surface area contributed by atoms with E-state index < -0.39 is 11.6 Å². The van der Waals surface area contributed by atoms with Gasteiger partial charge < -0.3 is 23.8 Å². The molecule has 182 valence electrons. The van der Waals surface area contributed by atoms with E-state index in [1.165, 1.54) is 18.2 Å². The van der Waals surface area contributed by atoms with E-state index in [1.54, 1.807) is 18.2 Å². The van der Waals surface area contributed by atoms with Crippen molar-refractivity contribution in [3.63, 3.8) is 0 Å². The molecule has 0 amide bonds. The summed E-state index contributed by atoms with van der Waals surface area (Å²) in [5.41, 5.74) is 2.90. The highest BCUT2D eigenvalue weighted by atomic mass is 19.1. The third kappa shape index (κ3) is 3.78. The van der Waals surface area contributed by atoms with Crippen molar-refractivity contribution in [2.24, 2.45) is 11.8 Å². The summed E-state index contributed by atoms with van der Waals surface area (Å²) in [7, 11) is 0. The lowest BCUT2D eigenvalue weighted by molar-refractivity contribution is -0.215. The molecule has 34 heavy (non-hydrogen) atoms. The monoisotopic (exact) mass is 471 g/mol. The number of halogens is 2. The smallest absolute Gasteiger partial charge is 0.198 e. The molecule has 1 aliphatic carbocycles. The normalized spacial score (nSPS) is 26.4. The topological polar surface area (TPSA) is 40.2 Å². The van der Waals surface area contributed by atoms with Crippen LogP contribution in [0.3, 0.4) is 0 Å². The average Bonchev–Trinajstić information content (AvgIpc) is 3.60. The Morgan fingerprint density at radius 3 is 2.09 bits per heavy atom. The zero-order chi connectivity index (χ0) is 23.2. The first-order chi connectivity index (χ1) is 16.6. The second-order valence-electron chi connectivity index (χ2n) is 9.84. The molecule has 1 unspecified atom stereocenters. The number of hydrogen-bond donors (Lipinski definition) is 0. The molecule has 4 aliphatic rings. The average molecular weight is 472 g/mol. The Bertz CT molecular complexity index is 1010. The summed E-state index contributed by atoms with van der Waals surface area (Å²) in [6, 6.07) is 11.5. The number of likely N-dealkylation sites (tertiary alicyclic amines) is 1. The second kappa shape index (κ2) is 8.95. The van der Waals surface area contributed by atoms with Crippen molar-refractivity contribution in [3.05, 3.63) is 70.8 Å². The fraction of sp³-hybridized carbons (Fsp3) is 0.556. The molecule has 0 saturated carbocycles. The van der Waals surface area contributed by atoms with Gasteiger partial charge in [-0.2, -0.15) is 0 Å². The van der Waals surface area contributed by atoms with Crippen LogP contribution in [0.15, 0.2) is 42.5 Å². The lowest BCUT2D eigenvalue weighted by Crippen LogP contribution is -2.45. The number of nitrogens with zero attached hydrogens (tertiary/aromatic N) is 1. The number of benzene rings is 2. The maximum atomic E-state index is 13.9. The van der Waals surface area contributed by atoms with Crippen LogP contribution in [-0.4, -0.2) is 51.0 Å². The summed E-state index contributed by atoms with van der Waals surface area (Å²) >= 11 is 0. The predicted octanol–water partition coefficient (Wildman–Crippen LogP) is 4.34. The SMILES string of the molecule is Fc1ccc(C2(C3CCN(CCC4Cc5cc(F)ccc5C45OCCO5)CC3)OCCO2)cc1. The summed E-state index contributed by atoms with van der Waals surface area (Å²) in [6.45, 7) is 5.10. The van der Waals surface area contributed by atoms with Crippen LogP contribution in [0, 0.1) is 23.5 Å². The van der Waals surface area contributed by atoms with Crippen molar-refractivity contribution >= 4 is 0 Å². The van der Waals surface area contributed by atoms with E-state index in [4.69, 9.17) is 18.9 Å². The van der Waals surface area contributed by atoms with Gasteiger partial charge >= 0.3 is 0 Å². The molecule has 0 aromatic heterocycles. The predicted molar refractivity (Wildman–Crippen MR) is 121 cm³/mol. The molecular weight excluding hydrogens is 440 g/mol. The molecule has 5 nitrogen and oxygen atoms in total. The van der Waals surface area contributed by atoms with E-state index in [2.05, 4.69) is 4.90 Å². The van der Waals surface area contributed by atoms with Crippen LogP contribution >= 0.6 is 0 Å². The zero-order valence-corrected chi connectivity index (χ0v) is 19.3. The Hall–Kier alpha value is -1.90. The van der Waals surface area contributed by atoms with Gasteiger partial charge in [0.25, 0.3) is 0 Å². The van der Waals surface area contributed by atoms with Gasteiger partial charge in [-0.25, -0.2) is 8.78 Å². The highest BCUT2D eigenvalue weighted by molar-refractivity contribution is 5.38. The third-order valence-corrected chi connectivity index (χ3v) is 8.04. The zero-order valence-electron chi connectivity index (χ0n) is 19.3. The number of fused-ring (bicyclic) bond motifs is 2. The quantitative estimate of drug-likeness (QED) is 0.649. The highest BCUT2D eigenvalue weighted by Gasteiger charge is 2.52. The van der Waals surface area contributed by atoms with Crippen molar-refractivity contribution in [2.75, 3.05) is 46.1 Å². The maximum Gasteiger partial charge on any atom is 0.198 e. The number of piperidine rings is 1. The molecule has 0 radical (unpaired) electrons. The molecule has 0 bridgehead atoms. The Balaban J connectivity index is 1.10. The van der Waals surface area contributed by atoms with Gasteiger partial charge in [0.2, 0.25) is 0 Å². The van der Waals surface area contributed by atoms with Gasteiger partial charge in [0.1, 0.15) is 11.6 Å². The molecule has 3 saturated heterocycles. The first kappa shape index (κ1) is 22.6. The number of rotatable bonds is 5. The van der Waals surface area contributed by atoms with Gasteiger partial charge in [-0.3, -0.25) is 0 Å². The van der Waals surface area contributed by atoms with Crippen LogP contribution in [0.4, 0.5) is 8.78 Å². The van der Waals surface area contributed by atoms with Gasteiger partial charge in [-0.1, -0.05) is 18.2 Å². The van der Waals surface area contributed by atoms with Crippen LogP contribution in [0.5, 0.6) is 0 Å². The Morgan fingerprint density at radius 2 is 1.41 bits per heavy atom. The molecule has 2 aromatic carbocycles. The van der Waals surface area contributed by atoms with E-state index in [0.717, 1.165) is 62.0 Å². The van der Waals surface area contributed by atoms with Crippen LogP contribution < -0.4 is 0 Å². The minimum absolute atomic E-state index is 0.177. The van der Waals surface area contributed by atoms with Crippen molar-refractivity contribution < 1.29 is 27.7 Å². The Kier molecular flexibility index (Phi) is 5.94. The summed E-state index contributed by atoms with van der Waals surface area (Å²) in [5.74, 6) is -1.55. The fourth-order valence-electron chi connectivity index (χ4n) is 6.43. The largest absolute Gasteiger partial charge is 0.343 e. The summed E-state index contributed by atoms with van der Waals surface area (Å²) in [6.07, 6.45) is 3.60. The summed E-state index contributed by atoms with van der Waals surface area (Å²) in [4.78, 5) is 2.48. The van der Waals surface area contributed by atoms with Crippen LogP contribution in [0.1, 0.15) is 36.0 Å². The molecule has 3 aliphatic heterocycles. The third-order valence-electron chi connectivity index (χ3n) is 8.04. The minimum Gasteiger partial charge on any atom is -0.343 e. The van der Waals surface area contributed by atoms with Crippen molar-refractivity contribution in [1.29, 1.82) is 0 Å². The molecule has 6 rings (SSSR count). The van der Waals surface area contributed by atoms with Crippen molar-refractivity contribution in [2.45, 2.75) is 37.3 Å². The van der Waals surface area contributed by atoms with Gasteiger partial charge in [-0.15, -0.1) is 0 Å². The Morgan fingerprint density at radius 1 is 0.794 bits per heavy atom. The Labute approximate surface area is 198 Å². The van der Waals surface area contributed by atoms with Gasteiger partial charge in [0.05, 0.1) is 26.4 Å². The summed E-state index contributed by atoms with van der Waals surface area (Å²) in [5, 5.41) is 0. The van der Waals surface area contributed by atoms with Gasteiger partial charge in [0.15, 0.2) is 11.6 Å². The van der Waals surface area contributed by atoms with E-state index >= 15 is 0 Å². The first-order valence-electron chi connectivity index (χ1n) is 12.4. The lowest BCUT2D eigenvalue weighted by Gasteiger charge is -2.41. The fourth-order valence-corrected chi connectivity index (χ4v) is 6.43. The molecule has 1 spiro atoms. The first-order valence-corrected chi connectivity index (χ1v) is 12.4. The highest BCUT2D eigenvalue weighted by Crippen LogP contribution is 2.49. The minimum atomic E-state index is -0.771. The number of hydrogen-bond acceptors (Lipinski definition) is 5. The molecule has 2 aromatic rings. The van der Waals surface area contributed by atoms with Crippen molar-refractivity contribution in [1.82, 2.24) is 4.90 Å². The molecular formula is C27H31F2NO4. The summed E-state index contributed by atoms with van der Waals surface area (Å²) < 4.78 is 52.0. The van der Waals surface area contributed by atoms with Crippen LogP contribution in [0.25, 0.3) is 0 Å².